The molecule has 0 bridgehead atoms. The number of benzene rings is 1. The van der Waals surface area contributed by atoms with E-state index >= 15 is 0 Å². The van der Waals surface area contributed by atoms with Gasteiger partial charge in [-0.05, 0) is 18.1 Å². The molecule has 17 heavy (non-hydrogen) atoms. The molecule has 0 aliphatic rings. The number of nitrogens with one attached hydrogen (secondary N) is 1. The van der Waals surface area contributed by atoms with E-state index < -0.39 is 0 Å². The highest BCUT2D eigenvalue weighted by Crippen LogP contribution is 2.35. The summed E-state index contributed by atoms with van der Waals surface area (Å²) in [5.74, 6) is -0.312. The van der Waals surface area contributed by atoms with Crippen LogP contribution in [0.25, 0.3) is 0 Å². The van der Waals surface area contributed by atoms with Gasteiger partial charge in [0.15, 0.2) is 5.75 Å². The molecule has 0 radical (unpaired) electrons. The normalized spacial score (nSPS) is 12.6. The maximum absolute atomic E-state index is 11.8. The van der Waals surface area contributed by atoms with Crippen molar-refractivity contribution in [1.29, 1.82) is 0 Å². The minimum Gasteiger partial charge on any atom is -0.504 e. The number of phenols is 1. The Bertz CT molecular complexity index is 438. The molecule has 6 heteroatoms. The Balaban J connectivity index is 2.92. The van der Waals surface area contributed by atoms with Crippen LogP contribution in [0, 0.1) is 5.92 Å². The molecule has 0 aromatic heterocycles. The summed E-state index contributed by atoms with van der Waals surface area (Å²) in [6.45, 7) is 3.81. The van der Waals surface area contributed by atoms with Crippen molar-refractivity contribution in [3.8, 4) is 5.75 Å². The number of amides is 1. The third kappa shape index (κ3) is 3.76. The van der Waals surface area contributed by atoms with Crippen molar-refractivity contribution in [2.24, 2.45) is 5.92 Å². The molecule has 94 valence electrons. The zero-order valence-electron chi connectivity index (χ0n) is 9.30. The monoisotopic (exact) mass is 339 g/mol. The molecule has 1 rings (SSSR count). The van der Waals surface area contributed by atoms with Crippen molar-refractivity contribution < 1.29 is 9.90 Å². The maximum Gasteiger partial charge on any atom is 0.238 e. The number of hydrogen-bond donors (Lipinski definition) is 2. The highest BCUT2D eigenvalue weighted by atomic mass is 79.9. The van der Waals surface area contributed by atoms with Crippen LogP contribution < -0.4 is 5.32 Å². The van der Waals surface area contributed by atoms with Gasteiger partial charge in [-0.25, -0.2) is 0 Å². The molecule has 0 aliphatic heterocycles. The number of phenolic OH excluding ortho intramolecular Hbond substituents is 1. The van der Waals surface area contributed by atoms with Gasteiger partial charge >= 0.3 is 0 Å². The van der Waals surface area contributed by atoms with Gasteiger partial charge < -0.3 is 10.4 Å². The highest BCUT2D eigenvalue weighted by molar-refractivity contribution is 9.10. The summed E-state index contributed by atoms with van der Waals surface area (Å²) in [6.07, 6.45) is 0. The van der Waals surface area contributed by atoms with E-state index in [4.69, 9.17) is 23.2 Å². The standard InChI is InChI=1S/C11H12BrCl2NO2/c1-5(2)9(12)11(17)15-8-4-6(13)3-7(14)10(8)16/h3-5,9,16H,1-2H3,(H,15,17). The van der Waals surface area contributed by atoms with Crippen molar-refractivity contribution in [2.45, 2.75) is 18.7 Å². The lowest BCUT2D eigenvalue weighted by molar-refractivity contribution is -0.116. The van der Waals surface area contributed by atoms with E-state index in [2.05, 4.69) is 21.2 Å². The van der Waals surface area contributed by atoms with Crippen LogP contribution in [0.1, 0.15) is 13.8 Å². The smallest absolute Gasteiger partial charge is 0.238 e. The van der Waals surface area contributed by atoms with E-state index in [9.17, 15) is 9.90 Å². The summed E-state index contributed by atoms with van der Waals surface area (Å²) in [4.78, 5) is 11.4. The van der Waals surface area contributed by atoms with Crippen LogP contribution in [-0.2, 0) is 4.79 Å². The highest BCUT2D eigenvalue weighted by Gasteiger charge is 2.20. The van der Waals surface area contributed by atoms with E-state index in [1.807, 2.05) is 13.8 Å². The molecule has 1 amide bonds. The third-order valence-electron chi connectivity index (χ3n) is 2.12. The first-order valence-corrected chi connectivity index (χ1v) is 6.63. The number of aromatic hydroxyl groups is 1. The quantitative estimate of drug-likeness (QED) is 0.644. The summed E-state index contributed by atoms with van der Waals surface area (Å²) in [6, 6.07) is 2.85. The van der Waals surface area contributed by atoms with Gasteiger partial charge in [-0.2, -0.15) is 0 Å². The van der Waals surface area contributed by atoms with Gasteiger partial charge in [0, 0.05) is 5.02 Å². The minimum atomic E-state index is -0.348. The predicted octanol–water partition coefficient (Wildman–Crippen LogP) is 4.06. The number of hydrogen-bond acceptors (Lipinski definition) is 2. The van der Waals surface area contributed by atoms with Crippen LogP contribution in [0.15, 0.2) is 12.1 Å². The largest absolute Gasteiger partial charge is 0.504 e. The van der Waals surface area contributed by atoms with Gasteiger partial charge in [0.05, 0.1) is 15.5 Å². The SMILES string of the molecule is CC(C)C(Br)C(=O)Nc1cc(Cl)cc(Cl)c1O. The molecule has 0 saturated heterocycles. The van der Waals surface area contributed by atoms with E-state index in [-0.39, 0.29) is 33.1 Å². The zero-order valence-corrected chi connectivity index (χ0v) is 12.4. The van der Waals surface area contributed by atoms with Crippen LogP contribution in [0.3, 0.4) is 0 Å². The molecule has 1 aromatic rings. The molecule has 0 fully saturated rings. The zero-order chi connectivity index (χ0) is 13.2. The van der Waals surface area contributed by atoms with Crippen LogP contribution >= 0.6 is 39.1 Å². The topological polar surface area (TPSA) is 49.3 Å². The van der Waals surface area contributed by atoms with Gasteiger partial charge in [0.2, 0.25) is 5.91 Å². The Labute approximate surface area is 118 Å². The minimum absolute atomic E-state index is 0.100. The second-order valence-electron chi connectivity index (χ2n) is 3.92. The predicted molar refractivity (Wildman–Crippen MR) is 74.3 cm³/mol. The summed E-state index contributed by atoms with van der Waals surface area (Å²) in [7, 11) is 0. The van der Waals surface area contributed by atoms with Crippen LogP contribution in [-0.4, -0.2) is 15.8 Å². The Hall–Kier alpha value is -0.450. The van der Waals surface area contributed by atoms with E-state index in [1.54, 1.807) is 0 Å². The summed E-state index contributed by atoms with van der Waals surface area (Å²) in [5, 5.41) is 12.7. The fraction of sp³-hybridized carbons (Fsp3) is 0.364. The van der Waals surface area contributed by atoms with Gasteiger partial charge in [0.1, 0.15) is 0 Å². The fourth-order valence-electron chi connectivity index (χ4n) is 1.17. The van der Waals surface area contributed by atoms with Crippen LogP contribution in [0.2, 0.25) is 10.0 Å². The van der Waals surface area contributed by atoms with E-state index in [0.717, 1.165) is 0 Å². The van der Waals surface area contributed by atoms with Crippen molar-refractivity contribution in [3.63, 3.8) is 0 Å². The molecule has 1 unspecified atom stereocenters. The molecule has 0 aliphatic carbocycles. The van der Waals surface area contributed by atoms with Gasteiger partial charge in [-0.1, -0.05) is 53.0 Å². The Kier molecular flexibility index (Phi) is 5.10. The Morgan fingerprint density at radius 3 is 2.53 bits per heavy atom. The molecule has 2 N–H and O–H groups in total. The lowest BCUT2D eigenvalue weighted by Gasteiger charge is -2.15. The first-order chi connectivity index (χ1) is 7.82. The van der Waals surface area contributed by atoms with Crippen molar-refractivity contribution in [3.05, 3.63) is 22.2 Å². The number of rotatable bonds is 3. The average molecular weight is 341 g/mol. The molecule has 0 saturated carbocycles. The number of carbonyl (C=O) groups is 1. The van der Waals surface area contributed by atoms with Crippen molar-refractivity contribution >= 4 is 50.7 Å². The molecular weight excluding hydrogens is 329 g/mol. The van der Waals surface area contributed by atoms with Crippen LogP contribution in [0.5, 0.6) is 5.75 Å². The van der Waals surface area contributed by atoms with Gasteiger partial charge in [-0.3, -0.25) is 4.79 Å². The fourth-order valence-corrected chi connectivity index (χ4v) is 1.77. The molecule has 3 nitrogen and oxygen atoms in total. The number of halogens is 3. The van der Waals surface area contributed by atoms with E-state index in [0.29, 0.717) is 5.02 Å². The number of carbonyl (C=O) groups excluding carboxylic acids is 1. The molecule has 1 aromatic carbocycles. The lowest BCUT2D eigenvalue weighted by atomic mass is 10.1. The summed E-state index contributed by atoms with van der Waals surface area (Å²) < 4.78 is 0. The first-order valence-electron chi connectivity index (χ1n) is 4.96. The number of alkyl halides is 1. The number of anilines is 1. The molecule has 1 atom stereocenters. The van der Waals surface area contributed by atoms with Crippen LogP contribution in [0.4, 0.5) is 5.69 Å². The summed E-state index contributed by atoms with van der Waals surface area (Å²) in [5.41, 5.74) is 0.206. The Morgan fingerprint density at radius 2 is 2.00 bits per heavy atom. The molecule has 0 spiro atoms. The maximum atomic E-state index is 11.8. The molecular formula is C11H12BrCl2NO2. The molecule has 0 heterocycles. The van der Waals surface area contributed by atoms with Gasteiger partial charge in [0.25, 0.3) is 0 Å². The second kappa shape index (κ2) is 5.94. The van der Waals surface area contributed by atoms with Crippen molar-refractivity contribution in [2.75, 3.05) is 5.32 Å². The van der Waals surface area contributed by atoms with E-state index in [1.165, 1.54) is 12.1 Å². The third-order valence-corrected chi connectivity index (χ3v) is 4.10. The second-order valence-corrected chi connectivity index (χ2v) is 5.75. The first kappa shape index (κ1) is 14.6. The van der Waals surface area contributed by atoms with Crippen molar-refractivity contribution in [1.82, 2.24) is 0 Å². The lowest BCUT2D eigenvalue weighted by Crippen LogP contribution is -2.27. The summed E-state index contributed by atoms with van der Waals surface area (Å²) >= 11 is 14.8. The Morgan fingerprint density at radius 1 is 1.41 bits per heavy atom. The average Bonchev–Trinajstić information content (AvgIpc) is 2.23. The van der Waals surface area contributed by atoms with Gasteiger partial charge in [-0.15, -0.1) is 0 Å².